The molecule has 1 aliphatic heterocycles. The number of benzene rings is 2. The predicted molar refractivity (Wildman–Crippen MR) is 142 cm³/mol. The maximum atomic E-state index is 14.3. The maximum absolute atomic E-state index is 14.3. The Labute approximate surface area is 216 Å². The van der Waals surface area contributed by atoms with Gasteiger partial charge in [-0.15, -0.1) is 0 Å². The molecule has 0 atom stereocenters. The molecule has 7 nitrogen and oxygen atoms in total. The van der Waals surface area contributed by atoms with E-state index >= 15 is 0 Å². The number of imidazole rings is 1. The number of aromatic nitrogens is 4. The van der Waals surface area contributed by atoms with Gasteiger partial charge >= 0.3 is 11.9 Å². The lowest BCUT2D eigenvalue weighted by atomic mass is 10.0. The molecular weight excluding hydrogens is 493 g/mol. The van der Waals surface area contributed by atoms with Gasteiger partial charge in [0.05, 0.1) is 34.0 Å². The van der Waals surface area contributed by atoms with Crippen LogP contribution in [0.3, 0.4) is 0 Å². The summed E-state index contributed by atoms with van der Waals surface area (Å²) in [7, 11) is 3.56. The molecule has 0 aliphatic carbocycles. The summed E-state index contributed by atoms with van der Waals surface area (Å²) < 4.78 is 45.8. The highest BCUT2D eigenvalue weighted by Gasteiger charge is 2.36. The Morgan fingerprint density at radius 2 is 1.68 bits per heavy atom. The summed E-state index contributed by atoms with van der Waals surface area (Å²) in [5, 5.41) is 0.665. The number of halogens is 3. The number of hydrogen-bond acceptors (Lipinski definition) is 5. The molecule has 0 N–H and O–H groups in total. The first-order valence-electron chi connectivity index (χ1n) is 12.3. The van der Waals surface area contributed by atoms with Gasteiger partial charge in [0.25, 0.3) is 0 Å². The number of piperazine rings is 1. The van der Waals surface area contributed by atoms with Crippen molar-refractivity contribution >= 4 is 27.6 Å². The number of likely N-dealkylation sites (N-methyl/N-ethyl adjacent to an activating group) is 1. The lowest BCUT2D eigenvalue weighted by Gasteiger charge is -2.35. The number of fused-ring (bicyclic) bond motifs is 3. The van der Waals surface area contributed by atoms with Crippen molar-refractivity contribution in [1.29, 1.82) is 0 Å². The fraction of sp³-hybridized carbons (Fsp3) is 0.250. The van der Waals surface area contributed by atoms with Crippen molar-refractivity contribution in [2.24, 2.45) is 7.05 Å². The van der Waals surface area contributed by atoms with Crippen LogP contribution in [-0.2, 0) is 13.2 Å². The zero-order chi connectivity index (χ0) is 26.6. The van der Waals surface area contributed by atoms with Gasteiger partial charge in [-0.2, -0.15) is 13.2 Å². The van der Waals surface area contributed by atoms with Gasteiger partial charge in [0.1, 0.15) is 0 Å². The Bertz CT molecular complexity index is 1720. The van der Waals surface area contributed by atoms with Crippen LogP contribution in [0.2, 0.25) is 0 Å². The third-order valence-electron chi connectivity index (χ3n) is 7.27. The molecule has 0 saturated carbocycles. The standard InChI is InChI=1S/C28H25F3N6O/c1-34-10-12-36(13-11-34)24-8-6-20(15-22(24)28(29,30)31)37-26-21-14-18(19-4-3-9-32-16-19)5-7-23(21)33-17-25(26)35(2)27(37)38/h3-9,14-17H,10-13H2,1-2H3. The third-order valence-corrected chi connectivity index (χ3v) is 7.27. The van der Waals surface area contributed by atoms with Crippen LogP contribution in [-0.4, -0.2) is 57.2 Å². The fourth-order valence-corrected chi connectivity index (χ4v) is 5.16. The van der Waals surface area contributed by atoms with E-state index in [0.717, 1.165) is 17.2 Å². The van der Waals surface area contributed by atoms with Gasteiger partial charge in [-0.25, -0.2) is 4.79 Å². The predicted octanol–water partition coefficient (Wildman–Crippen LogP) is 4.71. The summed E-state index contributed by atoms with van der Waals surface area (Å²) in [5.74, 6) is 0. The van der Waals surface area contributed by atoms with Crippen molar-refractivity contribution in [2.75, 3.05) is 38.1 Å². The second-order valence-electron chi connectivity index (χ2n) is 9.63. The molecule has 1 fully saturated rings. The first-order chi connectivity index (χ1) is 18.2. The van der Waals surface area contributed by atoms with E-state index in [0.29, 0.717) is 48.1 Å². The second kappa shape index (κ2) is 8.98. The van der Waals surface area contributed by atoms with Gasteiger partial charge in [0.15, 0.2) is 0 Å². The van der Waals surface area contributed by atoms with E-state index in [4.69, 9.17) is 0 Å². The minimum Gasteiger partial charge on any atom is -0.368 e. The van der Waals surface area contributed by atoms with Crippen molar-refractivity contribution in [1.82, 2.24) is 24.0 Å². The topological polar surface area (TPSA) is 59.2 Å². The Hall–Kier alpha value is -4.18. The van der Waals surface area contributed by atoms with E-state index in [1.54, 1.807) is 36.6 Å². The van der Waals surface area contributed by atoms with Crippen LogP contribution in [0.15, 0.2) is 71.9 Å². The molecule has 0 spiro atoms. The smallest absolute Gasteiger partial charge is 0.368 e. The Morgan fingerprint density at radius 3 is 2.39 bits per heavy atom. The van der Waals surface area contributed by atoms with Crippen LogP contribution >= 0.6 is 0 Å². The highest BCUT2D eigenvalue weighted by molar-refractivity contribution is 6.04. The van der Waals surface area contributed by atoms with Crippen molar-refractivity contribution < 1.29 is 13.2 Å². The zero-order valence-corrected chi connectivity index (χ0v) is 20.9. The number of alkyl halides is 3. The quantitative estimate of drug-likeness (QED) is 0.346. The minimum absolute atomic E-state index is 0.132. The summed E-state index contributed by atoms with van der Waals surface area (Å²) in [4.78, 5) is 26.0. The summed E-state index contributed by atoms with van der Waals surface area (Å²) in [5.41, 5.74) is 2.51. The van der Waals surface area contributed by atoms with Gasteiger partial charge in [-0.3, -0.25) is 19.1 Å². The molecular formula is C28H25F3N6O. The van der Waals surface area contributed by atoms with Gasteiger partial charge in [-0.1, -0.05) is 12.1 Å². The minimum atomic E-state index is -4.58. The van der Waals surface area contributed by atoms with Gasteiger partial charge in [-0.05, 0) is 49.0 Å². The molecule has 0 radical (unpaired) electrons. The van der Waals surface area contributed by atoms with Crippen LogP contribution in [0.1, 0.15) is 5.56 Å². The first kappa shape index (κ1) is 24.2. The summed E-state index contributed by atoms with van der Waals surface area (Å²) in [6, 6.07) is 13.6. The van der Waals surface area contributed by atoms with E-state index in [-0.39, 0.29) is 11.4 Å². The Balaban J connectivity index is 1.58. The van der Waals surface area contributed by atoms with E-state index in [1.807, 2.05) is 37.4 Å². The molecule has 2 aromatic carbocycles. The SMILES string of the molecule is CN1CCN(c2ccc(-n3c(=O)n(C)c4cnc5ccc(-c6cccnc6)cc5c43)cc2C(F)(F)F)CC1. The normalized spacial score (nSPS) is 15.0. The van der Waals surface area contributed by atoms with E-state index in [2.05, 4.69) is 14.9 Å². The van der Waals surface area contributed by atoms with Gasteiger partial charge < -0.3 is 9.80 Å². The Morgan fingerprint density at radius 1 is 0.895 bits per heavy atom. The third kappa shape index (κ3) is 4.01. The summed E-state index contributed by atoms with van der Waals surface area (Å²) >= 11 is 0. The molecule has 5 aromatic rings. The van der Waals surface area contributed by atoms with Crippen LogP contribution in [0.25, 0.3) is 38.8 Å². The molecule has 194 valence electrons. The average molecular weight is 519 g/mol. The molecule has 0 bridgehead atoms. The van der Waals surface area contributed by atoms with Crippen LogP contribution in [0.4, 0.5) is 18.9 Å². The van der Waals surface area contributed by atoms with Gasteiger partial charge in [0, 0.05) is 62.3 Å². The van der Waals surface area contributed by atoms with Crippen molar-refractivity contribution in [3.8, 4) is 16.8 Å². The highest BCUT2D eigenvalue weighted by Crippen LogP contribution is 2.39. The van der Waals surface area contributed by atoms with Crippen LogP contribution < -0.4 is 10.6 Å². The second-order valence-corrected chi connectivity index (χ2v) is 9.63. The zero-order valence-electron chi connectivity index (χ0n) is 20.9. The summed E-state index contributed by atoms with van der Waals surface area (Å²) in [6.07, 6.45) is 0.422. The van der Waals surface area contributed by atoms with Crippen LogP contribution in [0, 0.1) is 0 Å². The molecule has 6 rings (SSSR count). The molecule has 1 aliphatic rings. The molecule has 0 unspecified atom stereocenters. The van der Waals surface area contributed by atoms with Crippen molar-refractivity contribution in [2.45, 2.75) is 6.18 Å². The first-order valence-corrected chi connectivity index (χ1v) is 12.3. The number of anilines is 1. The van der Waals surface area contributed by atoms with Crippen molar-refractivity contribution in [3.63, 3.8) is 0 Å². The fourth-order valence-electron chi connectivity index (χ4n) is 5.16. The number of pyridine rings is 2. The number of rotatable bonds is 3. The maximum Gasteiger partial charge on any atom is 0.418 e. The van der Waals surface area contributed by atoms with Crippen molar-refractivity contribution in [3.05, 3.63) is 83.2 Å². The average Bonchev–Trinajstić information content (AvgIpc) is 3.18. The molecule has 4 heterocycles. The summed E-state index contributed by atoms with van der Waals surface area (Å²) in [6.45, 7) is 2.36. The number of hydrogen-bond donors (Lipinski definition) is 0. The monoisotopic (exact) mass is 518 g/mol. The molecule has 1 saturated heterocycles. The van der Waals surface area contributed by atoms with Crippen LogP contribution in [0.5, 0.6) is 0 Å². The van der Waals surface area contributed by atoms with E-state index in [9.17, 15) is 18.0 Å². The molecule has 0 amide bonds. The number of nitrogens with zero attached hydrogens (tertiary/aromatic N) is 6. The number of aryl methyl sites for hydroxylation is 1. The molecule has 10 heteroatoms. The van der Waals surface area contributed by atoms with E-state index in [1.165, 1.54) is 15.2 Å². The largest absolute Gasteiger partial charge is 0.418 e. The lowest BCUT2D eigenvalue weighted by Crippen LogP contribution is -2.45. The molecule has 38 heavy (non-hydrogen) atoms. The van der Waals surface area contributed by atoms with Gasteiger partial charge in [0.2, 0.25) is 0 Å². The lowest BCUT2D eigenvalue weighted by molar-refractivity contribution is -0.137. The molecule has 3 aromatic heterocycles. The highest BCUT2D eigenvalue weighted by atomic mass is 19.4. The Kier molecular flexibility index (Phi) is 5.71. The van der Waals surface area contributed by atoms with E-state index < -0.39 is 17.4 Å².